The molecule has 0 radical (unpaired) electrons. The molecule has 0 aromatic carbocycles. The number of hydrogen-bond acceptors (Lipinski definition) is 2. The van der Waals surface area contributed by atoms with E-state index in [4.69, 9.17) is 0 Å². The molecule has 2 rings (SSSR count). The third-order valence-electron chi connectivity index (χ3n) is 1.89. The third-order valence-corrected chi connectivity index (χ3v) is 2.87. The van der Waals surface area contributed by atoms with Gasteiger partial charge >= 0.3 is 6.18 Å². The van der Waals surface area contributed by atoms with Crippen molar-refractivity contribution in [2.45, 2.75) is 13.1 Å². The van der Waals surface area contributed by atoms with Gasteiger partial charge in [0, 0.05) is 6.20 Å². The second-order valence-electron chi connectivity index (χ2n) is 3.01. The Kier molecular flexibility index (Phi) is 2.22. The molecule has 0 aliphatic rings. The van der Waals surface area contributed by atoms with E-state index in [2.05, 4.69) is 26.0 Å². The van der Waals surface area contributed by atoms with E-state index in [0.717, 1.165) is 10.1 Å². The van der Waals surface area contributed by atoms with Crippen LogP contribution in [0.5, 0.6) is 0 Å². The molecule has 0 spiro atoms. The van der Waals surface area contributed by atoms with Gasteiger partial charge in [-0.1, -0.05) is 0 Å². The van der Waals surface area contributed by atoms with Crippen molar-refractivity contribution >= 4 is 21.6 Å². The zero-order valence-electron chi connectivity index (χ0n) is 7.51. The second-order valence-corrected chi connectivity index (χ2v) is 3.81. The molecule has 2 aromatic rings. The molecule has 15 heavy (non-hydrogen) atoms. The Hall–Kier alpha value is -1.11. The summed E-state index contributed by atoms with van der Waals surface area (Å²) in [7, 11) is 0. The number of pyridine rings is 1. The van der Waals surface area contributed by atoms with Crippen LogP contribution < -0.4 is 0 Å². The lowest BCUT2D eigenvalue weighted by Gasteiger charge is -1.97. The molecule has 7 heteroatoms. The fourth-order valence-corrected chi connectivity index (χ4v) is 1.53. The van der Waals surface area contributed by atoms with Crippen LogP contribution in [0.15, 0.2) is 16.7 Å². The summed E-state index contributed by atoms with van der Waals surface area (Å²) in [6.45, 7) is 1.77. The smallest absolute Gasteiger partial charge is 0.219 e. The maximum atomic E-state index is 12.3. The lowest BCUT2D eigenvalue weighted by atomic mass is 10.3. The maximum Gasteiger partial charge on any atom is 0.453 e. The SMILES string of the molecule is Cc1ccn2nc(C(F)(F)F)nc2c1Br. The van der Waals surface area contributed by atoms with Gasteiger partial charge in [0.25, 0.3) is 5.82 Å². The average molecular weight is 280 g/mol. The van der Waals surface area contributed by atoms with Crippen LogP contribution in [-0.2, 0) is 6.18 Å². The van der Waals surface area contributed by atoms with Gasteiger partial charge in [-0.25, -0.2) is 9.50 Å². The highest BCUT2D eigenvalue weighted by Gasteiger charge is 2.36. The number of nitrogens with zero attached hydrogens (tertiary/aromatic N) is 3. The van der Waals surface area contributed by atoms with Crippen LogP contribution in [0.3, 0.4) is 0 Å². The summed E-state index contributed by atoms with van der Waals surface area (Å²) >= 11 is 3.17. The molecule has 2 aromatic heterocycles. The highest BCUT2D eigenvalue weighted by Crippen LogP contribution is 2.28. The van der Waals surface area contributed by atoms with Crippen LogP contribution in [0, 0.1) is 6.92 Å². The molecule has 0 N–H and O–H groups in total. The Morgan fingerprint density at radius 3 is 2.67 bits per heavy atom. The van der Waals surface area contributed by atoms with Crippen molar-refractivity contribution in [3.8, 4) is 0 Å². The first-order valence-electron chi connectivity index (χ1n) is 3.98. The standard InChI is InChI=1S/C8H5BrF3N3/c1-4-2-3-15-6(5(4)9)13-7(14-15)8(10,11)12/h2-3H,1H3. The maximum absolute atomic E-state index is 12.3. The number of hydrogen-bond donors (Lipinski definition) is 0. The molecule has 0 atom stereocenters. The van der Waals surface area contributed by atoms with Gasteiger partial charge in [-0.15, -0.1) is 5.10 Å². The lowest BCUT2D eigenvalue weighted by Crippen LogP contribution is -2.07. The van der Waals surface area contributed by atoms with E-state index < -0.39 is 12.0 Å². The molecule has 0 bridgehead atoms. The summed E-state index contributed by atoms with van der Waals surface area (Å²) in [5, 5.41) is 3.34. The number of aromatic nitrogens is 3. The minimum absolute atomic E-state index is 0.169. The predicted octanol–water partition coefficient (Wildman–Crippen LogP) is 2.82. The van der Waals surface area contributed by atoms with Crippen LogP contribution in [-0.4, -0.2) is 14.6 Å². The van der Waals surface area contributed by atoms with Gasteiger partial charge in [0.1, 0.15) is 0 Å². The number of halogens is 4. The van der Waals surface area contributed by atoms with Crippen molar-refractivity contribution in [1.82, 2.24) is 14.6 Å². The van der Waals surface area contributed by atoms with Gasteiger partial charge in [-0.3, -0.25) is 0 Å². The fourth-order valence-electron chi connectivity index (χ4n) is 1.13. The largest absolute Gasteiger partial charge is 0.453 e. The molecule has 0 amide bonds. The molecule has 0 saturated carbocycles. The van der Waals surface area contributed by atoms with E-state index >= 15 is 0 Å². The molecule has 0 fully saturated rings. The molecular weight excluding hydrogens is 275 g/mol. The van der Waals surface area contributed by atoms with Crippen LogP contribution in [0.4, 0.5) is 13.2 Å². The third kappa shape index (κ3) is 1.71. The molecule has 0 saturated heterocycles. The Bertz CT molecular complexity index is 518. The zero-order valence-corrected chi connectivity index (χ0v) is 9.09. The first-order valence-corrected chi connectivity index (χ1v) is 4.77. The summed E-state index contributed by atoms with van der Waals surface area (Å²) in [6.07, 6.45) is -3.07. The lowest BCUT2D eigenvalue weighted by molar-refractivity contribution is -0.144. The summed E-state index contributed by atoms with van der Waals surface area (Å²) in [5.41, 5.74) is 0.978. The molecular formula is C8H5BrF3N3. The summed E-state index contributed by atoms with van der Waals surface area (Å²) < 4.78 is 38.5. The van der Waals surface area contributed by atoms with Crippen LogP contribution in [0.2, 0.25) is 0 Å². The zero-order chi connectivity index (χ0) is 11.2. The van der Waals surface area contributed by atoms with E-state index in [9.17, 15) is 13.2 Å². The van der Waals surface area contributed by atoms with E-state index in [1.54, 1.807) is 13.0 Å². The molecule has 80 valence electrons. The van der Waals surface area contributed by atoms with E-state index in [-0.39, 0.29) is 5.65 Å². The van der Waals surface area contributed by atoms with Crippen LogP contribution in [0.25, 0.3) is 5.65 Å². The molecule has 3 nitrogen and oxygen atoms in total. The van der Waals surface area contributed by atoms with Crippen molar-refractivity contribution in [3.05, 3.63) is 28.1 Å². The van der Waals surface area contributed by atoms with E-state index in [0.29, 0.717) is 4.47 Å². The highest BCUT2D eigenvalue weighted by molar-refractivity contribution is 9.10. The minimum Gasteiger partial charge on any atom is -0.219 e. The molecule has 2 heterocycles. The fraction of sp³-hybridized carbons (Fsp3) is 0.250. The monoisotopic (exact) mass is 279 g/mol. The van der Waals surface area contributed by atoms with Crippen molar-refractivity contribution in [3.63, 3.8) is 0 Å². The first-order chi connectivity index (χ1) is 6.89. The van der Waals surface area contributed by atoms with E-state index in [1.165, 1.54) is 6.20 Å². The number of fused-ring (bicyclic) bond motifs is 1. The summed E-state index contributed by atoms with van der Waals surface area (Å²) in [4.78, 5) is 3.42. The Morgan fingerprint density at radius 1 is 1.40 bits per heavy atom. The van der Waals surface area contributed by atoms with Gasteiger partial charge in [-0.2, -0.15) is 13.2 Å². The topological polar surface area (TPSA) is 30.2 Å². The average Bonchev–Trinajstić information content (AvgIpc) is 2.55. The van der Waals surface area contributed by atoms with Crippen molar-refractivity contribution in [1.29, 1.82) is 0 Å². The predicted molar refractivity (Wildman–Crippen MR) is 50.4 cm³/mol. The van der Waals surface area contributed by atoms with Gasteiger partial charge in [0.05, 0.1) is 4.47 Å². The number of alkyl halides is 3. The molecule has 0 aliphatic heterocycles. The van der Waals surface area contributed by atoms with E-state index in [1.807, 2.05) is 0 Å². The Balaban J connectivity index is 2.72. The molecule has 0 unspecified atom stereocenters. The van der Waals surface area contributed by atoms with Crippen molar-refractivity contribution < 1.29 is 13.2 Å². The van der Waals surface area contributed by atoms with Gasteiger partial charge in [-0.05, 0) is 34.5 Å². The molecule has 0 aliphatic carbocycles. The minimum atomic E-state index is -4.51. The van der Waals surface area contributed by atoms with Gasteiger partial charge in [0.15, 0.2) is 5.65 Å². The Morgan fingerprint density at radius 2 is 2.07 bits per heavy atom. The second kappa shape index (κ2) is 3.19. The first kappa shape index (κ1) is 10.4. The van der Waals surface area contributed by atoms with Gasteiger partial charge in [0.2, 0.25) is 0 Å². The quantitative estimate of drug-likeness (QED) is 0.742. The van der Waals surface area contributed by atoms with Crippen molar-refractivity contribution in [2.75, 3.05) is 0 Å². The summed E-state index contributed by atoms with van der Waals surface area (Å²) in [6, 6.07) is 1.66. The highest BCUT2D eigenvalue weighted by atomic mass is 79.9. The number of rotatable bonds is 0. The number of aryl methyl sites for hydroxylation is 1. The Labute approximate surface area is 91.1 Å². The van der Waals surface area contributed by atoms with Crippen LogP contribution >= 0.6 is 15.9 Å². The normalized spacial score (nSPS) is 12.3. The van der Waals surface area contributed by atoms with Gasteiger partial charge < -0.3 is 0 Å². The summed E-state index contributed by atoms with van der Waals surface area (Å²) in [5.74, 6) is -1.13. The van der Waals surface area contributed by atoms with Crippen molar-refractivity contribution in [2.24, 2.45) is 0 Å². The van der Waals surface area contributed by atoms with Crippen LogP contribution in [0.1, 0.15) is 11.4 Å².